The Balaban J connectivity index is 2.90. The van der Waals surface area contributed by atoms with Crippen LogP contribution in [0.2, 0.25) is 0 Å². The summed E-state index contributed by atoms with van der Waals surface area (Å²) < 4.78 is 26.3. The highest BCUT2D eigenvalue weighted by Gasteiger charge is 2.23. The molecule has 1 aromatic carbocycles. The summed E-state index contributed by atoms with van der Waals surface area (Å²) in [5, 5.41) is 19.5. The van der Waals surface area contributed by atoms with Crippen LogP contribution in [0.4, 0.5) is 5.69 Å². The monoisotopic (exact) mass is 316 g/mol. The number of nitrogens with one attached hydrogen (secondary N) is 1. The Kier molecular flexibility index (Phi) is 5.79. The molecule has 1 aromatic rings. The number of para-hydroxylation sites is 1. The minimum Gasteiger partial charge on any atom is -0.481 e. The molecule has 0 radical (unpaired) electrons. The van der Waals surface area contributed by atoms with E-state index in [1.54, 1.807) is 6.92 Å². The molecule has 21 heavy (non-hydrogen) atoms. The van der Waals surface area contributed by atoms with Gasteiger partial charge in [0.15, 0.2) is 0 Å². The molecule has 1 rings (SSSR count). The van der Waals surface area contributed by atoms with Crippen LogP contribution < -0.4 is 4.72 Å². The predicted octanol–water partition coefficient (Wildman–Crippen LogP) is 1.27. The van der Waals surface area contributed by atoms with Gasteiger partial charge in [-0.15, -0.1) is 0 Å². The highest BCUT2D eigenvalue weighted by atomic mass is 32.2. The molecule has 0 saturated carbocycles. The van der Waals surface area contributed by atoms with E-state index in [1.807, 2.05) is 0 Å². The van der Waals surface area contributed by atoms with Crippen molar-refractivity contribution < 1.29 is 23.2 Å². The third kappa shape index (κ3) is 5.48. The van der Waals surface area contributed by atoms with E-state index in [2.05, 4.69) is 4.72 Å². The second-order valence-corrected chi connectivity index (χ2v) is 6.22. The Labute approximate surface area is 122 Å². The van der Waals surface area contributed by atoms with Crippen LogP contribution in [0, 0.1) is 10.1 Å². The number of rotatable bonds is 8. The maximum Gasteiger partial charge on any atom is 0.304 e. The van der Waals surface area contributed by atoms with Crippen molar-refractivity contribution in [1.29, 1.82) is 0 Å². The molecule has 0 heterocycles. The Morgan fingerprint density at radius 2 is 2.05 bits per heavy atom. The Hall–Kier alpha value is -2.00. The summed E-state index contributed by atoms with van der Waals surface area (Å²) in [5.41, 5.74) is -0.227. The minimum atomic E-state index is -3.87. The first-order chi connectivity index (χ1) is 9.75. The van der Waals surface area contributed by atoms with Gasteiger partial charge in [-0.05, 0) is 6.42 Å². The van der Waals surface area contributed by atoms with Gasteiger partial charge in [-0.25, -0.2) is 13.1 Å². The van der Waals surface area contributed by atoms with Gasteiger partial charge in [0.1, 0.15) is 0 Å². The van der Waals surface area contributed by atoms with Crippen molar-refractivity contribution in [2.45, 2.75) is 31.6 Å². The van der Waals surface area contributed by atoms with Crippen LogP contribution >= 0.6 is 0 Å². The van der Waals surface area contributed by atoms with Gasteiger partial charge in [0, 0.05) is 17.7 Å². The molecular formula is C12H16N2O6S. The summed E-state index contributed by atoms with van der Waals surface area (Å²) >= 11 is 0. The number of hydrogen-bond donors (Lipinski definition) is 2. The van der Waals surface area contributed by atoms with Crippen LogP contribution in [-0.2, 0) is 20.6 Å². The molecule has 0 bridgehead atoms. The fourth-order valence-corrected chi connectivity index (χ4v) is 3.29. The Morgan fingerprint density at radius 1 is 1.43 bits per heavy atom. The number of carbonyl (C=O) groups is 1. The fourth-order valence-electron chi connectivity index (χ4n) is 1.79. The van der Waals surface area contributed by atoms with E-state index >= 15 is 0 Å². The quantitative estimate of drug-likeness (QED) is 0.549. The molecule has 0 aliphatic carbocycles. The van der Waals surface area contributed by atoms with Gasteiger partial charge >= 0.3 is 5.97 Å². The van der Waals surface area contributed by atoms with Crippen LogP contribution in [0.15, 0.2) is 24.3 Å². The van der Waals surface area contributed by atoms with Crippen LogP contribution in [0.5, 0.6) is 0 Å². The molecule has 0 aliphatic rings. The number of nitro benzene ring substituents is 1. The number of nitrogens with zero attached hydrogens (tertiary/aromatic N) is 1. The van der Waals surface area contributed by atoms with E-state index in [-0.39, 0.29) is 17.7 Å². The zero-order valence-electron chi connectivity index (χ0n) is 11.4. The topological polar surface area (TPSA) is 127 Å². The van der Waals surface area contributed by atoms with Crippen molar-refractivity contribution >= 4 is 21.7 Å². The Morgan fingerprint density at radius 3 is 2.57 bits per heavy atom. The fraction of sp³-hybridized carbons (Fsp3) is 0.417. The lowest BCUT2D eigenvalue weighted by Crippen LogP contribution is -2.36. The average Bonchev–Trinajstić information content (AvgIpc) is 2.36. The predicted molar refractivity (Wildman–Crippen MR) is 75.2 cm³/mol. The largest absolute Gasteiger partial charge is 0.481 e. The highest BCUT2D eigenvalue weighted by molar-refractivity contribution is 7.88. The molecule has 0 saturated heterocycles. The first-order valence-electron chi connectivity index (χ1n) is 6.19. The van der Waals surface area contributed by atoms with E-state index in [9.17, 15) is 23.3 Å². The number of benzene rings is 1. The molecule has 0 aromatic heterocycles. The summed E-state index contributed by atoms with van der Waals surface area (Å²) in [7, 11) is -3.87. The van der Waals surface area contributed by atoms with Gasteiger partial charge in [0.2, 0.25) is 10.0 Å². The highest BCUT2D eigenvalue weighted by Crippen LogP contribution is 2.20. The maximum atomic E-state index is 12.0. The molecule has 0 fully saturated rings. The first kappa shape index (κ1) is 17.1. The van der Waals surface area contributed by atoms with E-state index in [0.29, 0.717) is 6.42 Å². The van der Waals surface area contributed by atoms with Crippen molar-refractivity contribution in [1.82, 2.24) is 4.72 Å². The van der Waals surface area contributed by atoms with Crippen LogP contribution in [0.1, 0.15) is 25.3 Å². The van der Waals surface area contributed by atoms with E-state index in [1.165, 1.54) is 24.3 Å². The molecule has 0 spiro atoms. The second-order valence-electron chi connectivity index (χ2n) is 4.47. The normalized spacial score (nSPS) is 12.8. The molecule has 2 N–H and O–H groups in total. The molecular weight excluding hydrogens is 300 g/mol. The SMILES string of the molecule is CCC(CC(=O)O)NS(=O)(=O)Cc1ccccc1[N+](=O)[O-]. The molecule has 0 aliphatic heterocycles. The third-order valence-electron chi connectivity index (χ3n) is 2.79. The summed E-state index contributed by atoms with van der Waals surface area (Å²) in [6, 6.07) is 4.79. The lowest BCUT2D eigenvalue weighted by Gasteiger charge is -2.15. The van der Waals surface area contributed by atoms with Crippen molar-refractivity contribution in [3.05, 3.63) is 39.9 Å². The first-order valence-corrected chi connectivity index (χ1v) is 7.84. The molecule has 116 valence electrons. The van der Waals surface area contributed by atoms with Crippen molar-refractivity contribution in [2.24, 2.45) is 0 Å². The van der Waals surface area contributed by atoms with Gasteiger partial charge in [-0.1, -0.05) is 25.1 Å². The lowest BCUT2D eigenvalue weighted by atomic mass is 10.2. The molecule has 8 nitrogen and oxygen atoms in total. The van der Waals surface area contributed by atoms with Gasteiger partial charge in [-0.2, -0.15) is 0 Å². The number of hydrogen-bond acceptors (Lipinski definition) is 5. The van der Waals surface area contributed by atoms with Crippen LogP contribution in [0.3, 0.4) is 0 Å². The second kappa shape index (κ2) is 7.14. The summed E-state index contributed by atoms with van der Waals surface area (Å²) in [4.78, 5) is 20.8. The third-order valence-corrected chi connectivity index (χ3v) is 4.18. The van der Waals surface area contributed by atoms with Crippen molar-refractivity contribution in [3.63, 3.8) is 0 Å². The van der Waals surface area contributed by atoms with E-state index in [0.717, 1.165) is 0 Å². The van der Waals surface area contributed by atoms with Gasteiger partial charge in [-0.3, -0.25) is 14.9 Å². The van der Waals surface area contributed by atoms with E-state index < -0.39 is 32.7 Å². The standard InChI is InChI=1S/C12H16N2O6S/c1-2-10(7-12(15)16)13-21(19,20)8-9-5-3-4-6-11(9)14(17)18/h3-6,10,13H,2,7-8H2,1H3,(H,15,16). The van der Waals surface area contributed by atoms with Crippen molar-refractivity contribution in [3.8, 4) is 0 Å². The summed E-state index contributed by atoms with van der Waals surface area (Å²) in [6.07, 6.45) is -0.0327. The zero-order chi connectivity index (χ0) is 16.0. The van der Waals surface area contributed by atoms with Crippen LogP contribution in [0.25, 0.3) is 0 Å². The number of sulfonamides is 1. The minimum absolute atomic E-state index is 0.0557. The number of nitro groups is 1. The Bertz CT molecular complexity index is 628. The smallest absolute Gasteiger partial charge is 0.304 e. The van der Waals surface area contributed by atoms with Gasteiger partial charge < -0.3 is 5.11 Å². The lowest BCUT2D eigenvalue weighted by molar-refractivity contribution is -0.385. The van der Waals surface area contributed by atoms with E-state index in [4.69, 9.17) is 5.11 Å². The molecule has 1 unspecified atom stereocenters. The number of carboxylic acid groups (broad SMARTS) is 1. The number of carboxylic acids is 1. The molecule has 0 amide bonds. The molecule has 9 heteroatoms. The van der Waals surface area contributed by atoms with Crippen LogP contribution in [-0.4, -0.2) is 30.5 Å². The molecule has 1 atom stereocenters. The number of aliphatic carboxylic acids is 1. The summed E-state index contributed by atoms with van der Waals surface area (Å²) in [6.45, 7) is 1.65. The zero-order valence-corrected chi connectivity index (χ0v) is 12.2. The van der Waals surface area contributed by atoms with Crippen molar-refractivity contribution in [2.75, 3.05) is 0 Å². The van der Waals surface area contributed by atoms with Gasteiger partial charge in [0.25, 0.3) is 5.69 Å². The average molecular weight is 316 g/mol. The maximum absolute atomic E-state index is 12.0. The van der Waals surface area contributed by atoms with Gasteiger partial charge in [0.05, 0.1) is 17.1 Å². The summed E-state index contributed by atoms with van der Waals surface area (Å²) in [5.74, 6) is -1.68.